The number of anilines is 2. The first kappa shape index (κ1) is 13.7. The molecule has 0 bridgehead atoms. The zero-order valence-electron chi connectivity index (χ0n) is 9.75. The average Bonchev–Trinajstić information content (AvgIpc) is 2.32. The van der Waals surface area contributed by atoms with Gasteiger partial charge in [0.15, 0.2) is 6.29 Å². The van der Waals surface area contributed by atoms with Gasteiger partial charge in [-0.3, -0.25) is 4.79 Å². The van der Waals surface area contributed by atoms with E-state index in [2.05, 4.69) is 15.3 Å². The molecule has 4 nitrogen and oxygen atoms in total. The molecule has 2 rings (SSSR count). The Bertz CT molecular complexity index is 649. The van der Waals surface area contributed by atoms with Gasteiger partial charge in [0.05, 0.1) is 16.3 Å². The first-order valence-electron chi connectivity index (χ1n) is 5.22. The molecule has 1 heterocycles. The fourth-order valence-electron chi connectivity index (χ4n) is 1.47. The van der Waals surface area contributed by atoms with Crippen LogP contribution in [-0.2, 0) is 0 Å². The van der Waals surface area contributed by atoms with Gasteiger partial charge in [-0.25, -0.2) is 14.4 Å². The zero-order valence-corrected chi connectivity index (χ0v) is 11.3. The van der Waals surface area contributed by atoms with Crippen LogP contribution in [0.2, 0.25) is 10.2 Å². The largest absolute Gasteiger partial charge is 0.338 e. The Morgan fingerprint density at radius 2 is 2.05 bits per heavy atom. The summed E-state index contributed by atoms with van der Waals surface area (Å²) < 4.78 is 12.9. The van der Waals surface area contributed by atoms with Gasteiger partial charge < -0.3 is 5.32 Å². The summed E-state index contributed by atoms with van der Waals surface area (Å²) in [6.45, 7) is 1.64. The van der Waals surface area contributed by atoms with Crippen molar-refractivity contribution in [3.8, 4) is 0 Å². The van der Waals surface area contributed by atoms with Crippen molar-refractivity contribution < 1.29 is 9.18 Å². The Morgan fingerprint density at radius 3 is 2.68 bits per heavy atom. The minimum absolute atomic E-state index is 0.0447. The minimum atomic E-state index is -0.455. The number of carbonyl (C=O) groups excluding carboxylic acids is 1. The molecule has 0 unspecified atom stereocenters. The number of hydrogen-bond acceptors (Lipinski definition) is 4. The second-order valence-electron chi connectivity index (χ2n) is 3.69. The van der Waals surface area contributed by atoms with Crippen molar-refractivity contribution in [2.24, 2.45) is 0 Å². The summed E-state index contributed by atoms with van der Waals surface area (Å²) in [6, 6.07) is 3.84. The highest BCUT2D eigenvalue weighted by Gasteiger charge is 2.12. The van der Waals surface area contributed by atoms with Gasteiger partial charge in [-0.15, -0.1) is 0 Å². The van der Waals surface area contributed by atoms with Crippen LogP contribution in [0.25, 0.3) is 0 Å². The molecule has 0 aliphatic carbocycles. The van der Waals surface area contributed by atoms with E-state index in [9.17, 15) is 9.18 Å². The van der Waals surface area contributed by atoms with Gasteiger partial charge in [0.1, 0.15) is 22.6 Å². The van der Waals surface area contributed by atoms with E-state index >= 15 is 0 Å². The van der Waals surface area contributed by atoms with Crippen molar-refractivity contribution >= 4 is 41.0 Å². The molecule has 0 spiro atoms. The number of carbonyl (C=O) groups is 1. The lowest BCUT2D eigenvalue weighted by molar-refractivity contribution is 0.112. The molecule has 0 fully saturated rings. The summed E-state index contributed by atoms with van der Waals surface area (Å²) >= 11 is 11.7. The van der Waals surface area contributed by atoms with E-state index in [4.69, 9.17) is 23.2 Å². The summed E-state index contributed by atoms with van der Waals surface area (Å²) in [7, 11) is 0. The zero-order chi connectivity index (χ0) is 14.0. The molecule has 0 aliphatic heterocycles. The van der Waals surface area contributed by atoms with Crippen LogP contribution in [0, 0.1) is 12.7 Å². The third kappa shape index (κ3) is 3.00. The maximum absolute atomic E-state index is 12.9. The third-order valence-corrected chi connectivity index (χ3v) is 2.91. The van der Waals surface area contributed by atoms with E-state index in [0.717, 1.165) is 6.07 Å². The van der Waals surface area contributed by atoms with Gasteiger partial charge in [-0.2, -0.15) is 0 Å². The van der Waals surface area contributed by atoms with E-state index in [1.54, 1.807) is 6.92 Å². The monoisotopic (exact) mass is 299 g/mol. The lowest BCUT2D eigenvalue weighted by Gasteiger charge is -2.10. The van der Waals surface area contributed by atoms with E-state index in [1.165, 1.54) is 12.1 Å². The highest BCUT2D eigenvalue weighted by Crippen LogP contribution is 2.28. The summed E-state index contributed by atoms with van der Waals surface area (Å²) in [6.07, 6.45) is 0.543. The van der Waals surface area contributed by atoms with E-state index in [0.29, 0.717) is 17.8 Å². The Kier molecular flexibility index (Phi) is 3.97. The number of aldehydes is 1. The average molecular weight is 300 g/mol. The molecule has 0 radical (unpaired) electrons. The molecule has 0 saturated heterocycles. The lowest BCUT2D eigenvalue weighted by atomic mass is 10.2. The predicted octanol–water partition coefficient (Wildman–Crippen LogP) is 3.79. The fourth-order valence-corrected chi connectivity index (χ4v) is 1.94. The molecule has 7 heteroatoms. The van der Waals surface area contributed by atoms with Crippen LogP contribution in [0.3, 0.4) is 0 Å². The highest BCUT2D eigenvalue weighted by molar-refractivity contribution is 6.33. The number of nitrogens with zero attached hydrogens (tertiary/aromatic N) is 2. The van der Waals surface area contributed by atoms with E-state index in [1.807, 2.05) is 0 Å². The SMILES string of the molecule is Cc1nc(Cl)c(C=O)c(Nc2ccc(F)cc2Cl)n1. The molecular formula is C12H8Cl2FN3O. The van der Waals surface area contributed by atoms with Gasteiger partial charge in [-0.05, 0) is 25.1 Å². The van der Waals surface area contributed by atoms with Crippen LogP contribution < -0.4 is 5.32 Å². The quantitative estimate of drug-likeness (QED) is 0.692. The summed E-state index contributed by atoms with van der Waals surface area (Å²) in [4.78, 5) is 18.9. The van der Waals surface area contributed by atoms with Crippen LogP contribution in [-0.4, -0.2) is 16.3 Å². The number of halogens is 3. The lowest BCUT2D eigenvalue weighted by Crippen LogP contribution is -2.03. The molecule has 1 N–H and O–H groups in total. The summed E-state index contributed by atoms with van der Waals surface area (Å²) in [5.41, 5.74) is 0.535. The number of hydrogen-bond donors (Lipinski definition) is 1. The van der Waals surface area contributed by atoms with E-state index < -0.39 is 5.82 Å². The molecule has 0 aliphatic rings. The number of benzene rings is 1. The van der Waals surface area contributed by atoms with Crippen LogP contribution >= 0.6 is 23.2 Å². The minimum Gasteiger partial charge on any atom is -0.338 e. The van der Waals surface area contributed by atoms with Gasteiger partial charge >= 0.3 is 0 Å². The molecule has 19 heavy (non-hydrogen) atoms. The first-order chi connectivity index (χ1) is 9.01. The Hall–Kier alpha value is -1.72. The molecule has 1 aromatic carbocycles. The molecule has 1 aromatic heterocycles. The van der Waals surface area contributed by atoms with Gasteiger partial charge in [0.25, 0.3) is 0 Å². The number of nitrogens with one attached hydrogen (secondary N) is 1. The standard InChI is InChI=1S/C12H8Cl2FN3O/c1-6-16-11(14)8(5-19)12(17-6)18-10-3-2-7(15)4-9(10)13/h2-5H,1H3,(H,16,17,18). The first-order valence-corrected chi connectivity index (χ1v) is 5.98. The summed E-state index contributed by atoms with van der Waals surface area (Å²) in [5.74, 6) is 0.167. The molecule has 0 amide bonds. The van der Waals surface area contributed by atoms with Gasteiger partial charge in [-0.1, -0.05) is 23.2 Å². The van der Waals surface area contributed by atoms with Crippen molar-refractivity contribution in [2.45, 2.75) is 6.92 Å². The molecule has 0 atom stereocenters. The Morgan fingerprint density at radius 1 is 1.32 bits per heavy atom. The molecule has 0 saturated carbocycles. The van der Waals surface area contributed by atoms with Crippen LogP contribution in [0.1, 0.15) is 16.2 Å². The Labute approximate surface area is 118 Å². The second kappa shape index (κ2) is 5.50. The van der Waals surface area contributed by atoms with E-state index in [-0.39, 0.29) is 21.6 Å². The maximum Gasteiger partial charge on any atom is 0.156 e. The second-order valence-corrected chi connectivity index (χ2v) is 4.46. The van der Waals surface area contributed by atoms with Crippen molar-refractivity contribution in [1.29, 1.82) is 0 Å². The van der Waals surface area contributed by atoms with Crippen molar-refractivity contribution in [3.63, 3.8) is 0 Å². The third-order valence-electron chi connectivity index (χ3n) is 2.31. The number of aryl methyl sites for hydroxylation is 1. The number of rotatable bonds is 3. The number of aromatic nitrogens is 2. The van der Waals surface area contributed by atoms with Gasteiger partial charge in [0.2, 0.25) is 0 Å². The molecule has 98 valence electrons. The van der Waals surface area contributed by atoms with Crippen LogP contribution in [0.15, 0.2) is 18.2 Å². The predicted molar refractivity (Wildman–Crippen MR) is 71.9 cm³/mol. The normalized spacial score (nSPS) is 10.3. The van der Waals surface area contributed by atoms with Crippen LogP contribution in [0.5, 0.6) is 0 Å². The Balaban J connectivity index is 2.45. The molecule has 2 aromatic rings. The molecular weight excluding hydrogens is 292 g/mol. The highest BCUT2D eigenvalue weighted by atomic mass is 35.5. The topological polar surface area (TPSA) is 54.9 Å². The fraction of sp³-hybridized carbons (Fsp3) is 0.0833. The maximum atomic E-state index is 12.9. The summed E-state index contributed by atoms with van der Waals surface area (Å²) in [5, 5.41) is 3.05. The van der Waals surface area contributed by atoms with Crippen molar-refractivity contribution in [3.05, 3.63) is 45.6 Å². The van der Waals surface area contributed by atoms with Crippen LogP contribution in [0.4, 0.5) is 15.9 Å². The van der Waals surface area contributed by atoms with Crippen molar-refractivity contribution in [1.82, 2.24) is 9.97 Å². The smallest absolute Gasteiger partial charge is 0.156 e. The van der Waals surface area contributed by atoms with Crippen molar-refractivity contribution in [2.75, 3.05) is 5.32 Å². The van der Waals surface area contributed by atoms with Gasteiger partial charge in [0, 0.05) is 0 Å².